The Kier molecular flexibility index (Phi) is 12.2. The molecule has 8 heteroatoms. The highest BCUT2D eigenvalue weighted by molar-refractivity contribution is 5.90. The molecule has 3 amide bonds. The molecule has 0 aliphatic carbocycles. The summed E-state index contributed by atoms with van der Waals surface area (Å²) in [4.78, 5) is 41.1. The number of hydrogen-bond donors (Lipinski definition) is 3. The predicted molar refractivity (Wildman–Crippen MR) is 143 cm³/mol. The summed E-state index contributed by atoms with van der Waals surface area (Å²) in [6, 6.07) is 3.70. The lowest BCUT2D eigenvalue weighted by atomic mass is 9.96. The molecular formula is C28H47N3O5. The van der Waals surface area contributed by atoms with Crippen molar-refractivity contribution in [3.8, 4) is 5.75 Å². The lowest BCUT2D eigenvalue weighted by Crippen LogP contribution is -2.52. The van der Waals surface area contributed by atoms with Crippen LogP contribution in [0.1, 0.15) is 98.2 Å². The van der Waals surface area contributed by atoms with E-state index in [1.807, 2.05) is 13.8 Å². The Labute approximate surface area is 217 Å². The van der Waals surface area contributed by atoms with Gasteiger partial charge in [0.25, 0.3) is 0 Å². The van der Waals surface area contributed by atoms with Crippen molar-refractivity contribution in [2.24, 2.45) is 5.92 Å². The van der Waals surface area contributed by atoms with Crippen molar-refractivity contribution in [3.63, 3.8) is 0 Å². The van der Waals surface area contributed by atoms with Crippen LogP contribution < -0.4 is 10.6 Å². The fraction of sp³-hybridized carbons (Fsp3) is 0.679. The third kappa shape index (κ3) is 10.5. The Morgan fingerprint density at radius 3 is 2.22 bits per heavy atom. The minimum Gasteiger partial charge on any atom is -0.508 e. The zero-order valence-corrected chi connectivity index (χ0v) is 23.6. The number of carbonyl (C=O) groups excluding carboxylic acids is 3. The highest BCUT2D eigenvalue weighted by Gasteiger charge is 2.35. The zero-order valence-electron chi connectivity index (χ0n) is 23.6. The van der Waals surface area contributed by atoms with Crippen molar-refractivity contribution in [1.82, 2.24) is 15.5 Å². The van der Waals surface area contributed by atoms with Crippen LogP contribution in [0.4, 0.5) is 4.79 Å². The molecule has 0 heterocycles. The van der Waals surface area contributed by atoms with Gasteiger partial charge in [-0.1, -0.05) is 33.3 Å². The van der Waals surface area contributed by atoms with Gasteiger partial charge in [-0.25, -0.2) is 4.79 Å². The van der Waals surface area contributed by atoms with E-state index in [1.54, 1.807) is 50.8 Å². The molecule has 1 rings (SSSR count). The summed E-state index contributed by atoms with van der Waals surface area (Å²) in [7, 11) is 0. The summed E-state index contributed by atoms with van der Waals surface area (Å²) in [5.41, 5.74) is 0.522. The van der Waals surface area contributed by atoms with Crippen LogP contribution in [-0.4, -0.2) is 52.1 Å². The van der Waals surface area contributed by atoms with Gasteiger partial charge in [0.15, 0.2) is 0 Å². The van der Waals surface area contributed by atoms with Crippen molar-refractivity contribution < 1.29 is 24.2 Å². The van der Waals surface area contributed by atoms with Gasteiger partial charge in [-0.3, -0.25) is 9.59 Å². The van der Waals surface area contributed by atoms with Gasteiger partial charge in [0, 0.05) is 12.1 Å². The van der Waals surface area contributed by atoms with Crippen LogP contribution >= 0.6 is 0 Å². The van der Waals surface area contributed by atoms with Crippen LogP contribution in [-0.2, 0) is 14.3 Å². The van der Waals surface area contributed by atoms with Crippen molar-refractivity contribution in [3.05, 3.63) is 29.3 Å². The molecule has 0 spiro atoms. The summed E-state index contributed by atoms with van der Waals surface area (Å²) in [5.74, 6) is -0.124. The predicted octanol–water partition coefficient (Wildman–Crippen LogP) is 5.22. The number of phenols is 1. The molecule has 0 aliphatic heterocycles. The second-order valence-corrected chi connectivity index (χ2v) is 11.1. The molecule has 0 saturated heterocycles. The normalized spacial score (nSPS) is 14.1. The molecule has 0 fully saturated rings. The summed E-state index contributed by atoms with van der Waals surface area (Å²) < 4.78 is 5.28. The summed E-state index contributed by atoms with van der Waals surface area (Å²) in [6.45, 7) is 16.9. The van der Waals surface area contributed by atoms with Crippen LogP contribution in [0.15, 0.2) is 18.2 Å². The first-order valence-corrected chi connectivity index (χ1v) is 13.0. The lowest BCUT2D eigenvalue weighted by molar-refractivity contribution is -0.143. The molecule has 3 atom stereocenters. The van der Waals surface area contributed by atoms with Gasteiger partial charge in [0.1, 0.15) is 23.9 Å². The van der Waals surface area contributed by atoms with E-state index in [4.69, 9.17) is 4.74 Å². The number of amides is 3. The molecule has 0 aliphatic rings. The van der Waals surface area contributed by atoms with Crippen LogP contribution in [0.3, 0.4) is 0 Å². The summed E-state index contributed by atoms with van der Waals surface area (Å²) in [6.07, 6.45) is 2.60. The number of nitrogens with zero attached hydrogens (tertiary/aromatic N) is 1. The Morgan fingerprint density at radius 1 is 1.06 bits per heavy atom. The van der Waals surface area contributed by atoms with E-state index in [9.17, 15) is 19.5 Å². The second-order valence-electron chi connectivity index (χ2n) is 11.1. The van der Waals surface area contributed by atoms with Gasteiger partial charge in [-0.15, -0.1) is 0 Å². The number of phenolic OH excluding ortho intramolecular Hbond substituents is 1. The minimum absolute atomic E-state index is 0.0639. The number of aromatic hydroxyl groups is 1. The maximum atomic E-state index is 13.7. The molecule has 36 heavy (non-hydrogen) atoms. The fourth-order valence-corrected chi connectivity index (χ4v) is 4.03. The van der Waals surface area contributed by atoms with E-state index >= 15 is 0 Å². The van der Waals surface area contributed by atoms with Crippen molar-refractivity contribution >= 4 is 17.9 Å². The molecule has 0 bridgehead atoms. The van der Waals surface area contributed by atoms with Gasteiger partial charge < -0.3 is 25.4 Å². The van der Waals surface area contributed by atoms with E-state index in [-0.39, 0.29) is 36.2 Å². The molecule has 1 aromatic carbocycles. The zero-order chi connectivity index (χ0) is 27.6. The maximum absolute atomic E-state index is 13.7. The molecule has 0 saturated carbocycles. The molecule has 3 N–H and O–H groups in total. The van der Waals surface area contributed by atoms with Crippen LogP contribution in [0.25, 0.3) is 0 Å². The molecule has 8 nitrogen and oxygen atoms in total. The highest BCUT2D eigenvalue weighted by atomic mass is 16.6. The fourth-order valence-electron chi connectivity index (χ4n) is 4.03. The first-order valence-electron chi connectivity index (χ1n) is 13.0. The minimum atomic E-state index is -0.918. The van der Waals surface area contributed by atoms with E-state index in [0.717, 1.165) is 19.3 Å². The van der Waals surface area contributed by atoms with Crippen molar-refractivity contribution in [2.45, 2.75) is 112 Å². The first kappa shape index (κ1) is 31.3. The third-order valence-electron chi connectivity index (χ3n) is 5.88. The SMILES string of the molecule is CCCC(C)NC(=O)C(c1ccc(O)c(C)c1)N(C(=O)CNC(=O)OC(C)(C)C)C(C)CCC(C)C. The summed E-state index contributed by atoms with van der Waals surface area (Å²) in [5, 5.41) is 15.7. The Bertz CT molecular complexity index is 878. The topological polar surface area (TPSA) is 108 Å². The average Bonchev–Trinajstić information content (AvgIpc) is 2.75. The smallest absolute Gasteiger partial charge is 0.408 e. The van der Waals surface area contributed by atoms with E-state index in [2.05, 4.69) is 31.4 Å². The lowest BCUT2D eigenvalue weighted by Gasteiger charge is -2.37. The average molecular weight is 506 g/mol. The standard InChI is InChI=1S/C28H47N3O5/c1-10-11-20(5)30-26(34)25(22-14-15-23(32)19(4)16-22)31(21(6)13-12-18(2)3)24(33)17-29-27(35)36-28(7,8)9/h14-16,18,20-21,25,32H,10-13,17H2,1-9H3,(H,29,35)(H,30,34). The molecule has 0 aromatic heterocycles. The Morgan fingerprint density at radius 2 is 1.69 bits per heavy atom. The molecule has 204 valence electrons. The number of hydrogen-bond acceptors (Lipinski definition) is 5. The number of ether oxygens (including phenoxy) is 1. The molecule has 3 unspecified atom stereocenters. The Hall–Kier alpha value is -2.77. The number of carbonyl (C=O) groups is 3. The molecule has 0 radical (unpaired) electrons. The largest absolute Gasteiger partial charge is 0.508 e. The van der Waals surface area contributed by atoms with Gasteiger partial charge in [-0.2, -0.15) is 0 Å². The second kappa shape index (κ2) is 14.1. The number of rotatable bonds is 12. The van der Waals surface area contributed by atoms with Crippen LogP contribution in [0.5, 0.6) is 5.75 Å². The van der Waals surface area contributed by atoms with E-state index in [1.165, 1.54) is 0 Å². The van der Waals surface area contributed by atoms with Gasteiger partial charge in [-0.05, 0) is 90.0 Å². The molecular weight excluding hydrogens is 458 g/mol. The van der Waals surface area contributed by atoms with Crippen molar-refractivity contribution in [2.75, 3.05) is 6.54 Å². The highest BCUT2D eigenvalue weighted by Crippen LogP contribution is 2.29. The quantitative estimate of drug-likeness (QED) is 0.361. The van der Waals surface area contributed by atoms with E-state index < -0.39 is 17.7 Å². The van der Waals surface area contributed by atoms with Gasteiger partial charge in [0.05, 0.1) is 0 Å². The number of benzene rings is 1. The first-order chi connectivity index (χ1) is 16.7. The third-order valence-corrected chi connectivity index (χ3v) is 5.88. The van der Waals surface area contributed by atoms with Crippen LogP contribution in [0, 0.1) is 12.8 Å². The monoisotopic (exact) mass is 505 g/mol. The Balaban J connectivity index is 3.40. The summed E-state index contributed by atoms with van der Waals surface area (Å²) >= 11 is 0. The number of aryl methyl sites for hydroxylation is 1. The number of alkyl carbamates (subject to hydrolysis) is 1. The molecule has 1 aromatic rings. The van der Waals surface area contributed by atoms with Crippen molar-refractivity contribution in [1.29, 1.82) is 0 Å². The maximum Gasteiger partial charge on any atom is 0.408 e. The van der Waals surface area contributed by atoms with E-state index in [0.29, 0.717) is 23.5 Å². The van der Waals surface area contributed by atoms with Gasteiger partial charge in [0.2, 0.25) is 11.8 Å². The van der Waals surface area contributed by atoms with Crippen LogP contribution in [0.2, 0.25) is 0 Å². The number of nitrogens with one attached hydrogen (secondary N) is 2. The van der Waals surface area contributed by atoms with Gasteiger partial charge >= 0.3 is 6.09 Å².